The van der Waals surface area contributed by atoms with E-state index in [1.54, 1.807) is 18.1 Å². The summed E-state index contributed by atoms with van der Waals surface area (Å²) in [7, 11) is 1.79. The fraction of sp³-hybridized carbons (Fsp3) is 0.357. The van der Waals surface area contributed by atoms with Crippen LogP contribution in [0.25, 0.3) is 0 Å². The summed E-state index contributed by atoms with van der Waals surface area (Å²) < 4.78 is 1.61. The van der Waals surface area contributed by atoms with E-state index in [9.17, 15) is 4.79 Å². The molecule has 0 radical (unpaired) electrons. The summed E-state index contributed by atoms with van der Waals surface area (Å²) in [5, 5.41) is 10.2. The molecule has 2 N–H and O–H groups in total. The highest BCUT2D eigenvalue weighted by Gasteiger charge is 2.12. The van der Waals surface area contributed by atoms with Gasteiger partial charge in [-0.1, -0.05) is 11.6 Å². The molecule has 2 rings (SSSR count). The first-order valence-corrected chi connectivity index (χ1v) is 6.57. The number of hydrogen-bond donors (Lipinski definition) is 2. The second kappa shape index (κ2) is 6.18. The van der Waals surface area contributed by atoms with Crippen LogP contribution in [0.1, 0.15) is 28.7 Å². The monoisotopic (exact) mass is 273 g/mol. The number of nitrogens with one attached hydrogen (secondary N) is 2. The van der Waals surface area contributed by atoms with Gasteiger partial charge < -0.3 is 10.6 Å². The van der Waals surface area contributed by atoms with E-state index in [0.29, 0.717) is 17.9 Å². The van der Waals surface area contributed by atoms with E-state index in [1.165, 1.54) is 0 Å². The summed E-state index contributed by atoms with van der Waals surface area (Å²) in [4.78, 5) is 16.3. The van der Waals surface area contributed by atoms with Crippen LogP contribution in [0, 0.1) is 6.92 Å². The number of rotatable bonds is 5. The Kier molecular flexibility index (Phi) is 4.34. The molecule has 20 heavy (non-hydrogen) atoms. The van der Waals surface area contributed by atoms with Crippen molar-refractivity contribution in [3.8, 4) is 0 Å². The SMILES string of the molecule is CCNc1ccc(C)cc1C(=O)NCc1ncn(C)n1. The van der Waals surface area contributed by atoms with Gasteiger partial charge >= 0.3 is 0 Å². The van der Waals surface area contributed by atoms with Crippen molar-refractivity contribution in [2.24, 2.45) is 7.05 Å². The molecule has 0 atom stereocenters. The molecule has 0 saturated carbocycles. The Bertz CT molecular complexity index is 605. The Morgan fingerprint density at radius 1 is 1.40 bits per heavy atom. The van der Waals surface area contributed by atoms with Crippen LogP contribution in [0.15, 0.2) is 24.5 Å². The van der Waals surface area contributed by atoms with Crippen molar-refractivity contribution in [3.05, 3.63) is 41.5 Å². The number of nitrogens with zero attached hydrogens (tertiary/aromatic N) is 3. The molecule has 0 bridgehead atoms. The molecular weight excluding hydrogens is 254 g/mol. The molecule has 6 heteroatoms. The van der Waals surface area contributed by atoms with Gasteiger partial charge in [0, 0.05) is 19.3 Å². The molecule has 0 aliphatic heterocycles. The highest BCUT2D eigenvalue weighted by molar-refractivity contribution is 5.99. The third kappa shape index (κ3) is 3.34. The standard InChI is InChI=1S/C14H19N5O/c1-4-15-12-6-5-10(2)7-11(12)14(20)16-8-13-17-9-19(3)18-13/h5-7,9,15H,4,8H2,1-3H3,(H,16,20). The molecule has 1 aromatic carbocycles. The first-order valence-electron chi connectivity index (χ1n) is 6.57. The Morgan fingerprint density at radius 3 is 2.85 bits per heavy atom. The van der Waals surface area contributed by atoms with Crippen LogP contribution in [-0.4, -0.2) is 27.2 Å². The van der Waals surface area contributed by atoms with E-state index in [0.717, 1.165) is 17.8 Å². The number of carbonyl (C=O) groups is 1. The third-order valence-corrected chi connectivity index (χ3v) is 2.84. The maximum atomic E-state index is 12.3. The normalized spacial score (nSPS) is 10.3. The molecule has 0 spiro atoms. The molecule has 6 nitrogen and oxygen atoms in total. The summed E-state index contributed by atoms with van der Waals surface area (Å²) in [6.07, 6.45) is 1.61. The Hall–Kier alpha value is -2.37. The number of amides is 1. The van der Waals surface area contributed by atoms with Gasteiger partial charge in [0.2, 0.25) is 0 Å². The lowest BCUT2D eigenvalue weighted by molar-refractivity contribution is 0.0950. The molecule has 2 aromatic rings. The van der Waals surface area contributed by atoms with Crippen molar-refractivity contribution >= 4 is 11.6 Å². The van der Waals surface area contributed by atoms with Gasteiger partial charge in [-0.05, 0) is 26.0 Å². The largest absolute Gasteiger partial charge is 0.385 e. The van der Waals surface area contributed by atoms with Gasteiger partial charge in [-0.3, -0.25) is 9.48 Å². The minimum Gasteiger partial charge on any atom is -0.385 e. The lowest BCUT2D eigenvalue weighted by Gasteiger charge is -2.11. The molecule has 106 valence electrons. The summed E-state index contributed by atoms with van der Waals surface area (Å²) in [6.45, 7) is 5.05. The van der Waals surface area contributed by atoms with Crippen LogP contribution < -0.4 is 10.6 Å². The van der Waals surface area contributed by atoms with E-state index in [1.807, 2.05) is 32.0 Å². The van der Waals surface area contributed by atoms with Crippen LogP contribution in [0.5, 0.6) is 0 Å². The average molecular weight is 273 g/mol. The van der Waals surface area contributed by atoms with Crippen LogP contribution in [0.3, 0.4) is 0 Å². The maximum Gasteiger partial charge on any atom is 0.253 e. The predicted octanol–water partition coefficient (Wildman–Crippen LogP) is 1.49. The molecule has 1 amide bonds. The number of anilines is 1. The summed E-state index contributed by atoms with van der Waals surface area (Å²) in [5.74, 6) is 0.468. The quantitative estimate of drug-likeness (QED) is 0.865. The van der Waals surface area contributed by atoms with Crippen LogP contribution in [-0.2, 0) is 13.6 Å². The van der Waals surface area contributed by atoms with Gasteiger partial charge in [0.25, 0.3) is 5.91 Å². The highest BCUT2D eigenvalue weighted by Crippen LogP contribution is 2.17. The zero-order chi connectivity index (χ0) is 14.5. The lowest BCUT2D eigenvalue weighted by atomic mass is 10.1. The zero-order valence-corrected chi connectivity index (χ0v) is 12.0. The summed E-state index contributed by atoms with van der Waals surface area (Å²) in [5.41, 5.74) is 2.53. The lowest BCUT2D eigenvalue weighted by Crippen LogP contribution is -2.24. The Morgan fingerprint density at radius 2 is 2.20 bits per heavy atom. The smallest absolute Gasteiger partial charge is 0.253 e. The van der Waals surface area contributed by atoms with E-state index >= 15 is 0 Å². The minimum absolute atomic E-state index is 0.128. The van der Waals surface area contributed by atoms with Crippen LogP contribution in [0.2, 0.25) is 0 Å². The molecule has 0 aliphatic carbocycles. The van der Waals surface area contributed by atoms with Crippen molar-refractivity contribution in [3.63, 3.8) is 0 Å². The third-order valence-electron chi connectivity index (χ3n) is 2.84. The number of aromatic nitrogens is 3. The molecule has 0 fully saturated rings. The molecule has 1 heterocycles. The Labute approximate surface area is 118 Å². The fourth-order valence-electron chi connectivity index (χ4n) is 1.91. The van der Waals surface area contributed by atoms with Crippen molar-refractivity contribution in [2.75, 3.05) is 11.9 Å². The molecule has 1 aromatic heterocycles. The van der Waals surface area contributed by atoms with Gasteiger partial charge in [-0.25, -0.2) is 4.98 Å². The second-order valence-corrected chi connectivity index (χ2v) is 4.60. The zero-order valence-electron chi connectivity index (χ0n) is 12.0. The number of aryl methyl sites for hydroxylation is 2. The first kappa shape index (κ1) is 14.0. The van der Waals surface area contributed by atoms with E-state index in [4.69, 9.17) is 0 Å². The van der Waals surface area contributed by atoms with Crippen molar-refractivity contribution < 1.29 is 4.79 Å². The minimum atomic E-state index is -0.128. The summed E-state index contributed by atoms with van der Waals surface area (Å²) in [6, 6.07) is 5.78. The summed E-state index contributed by atoms with van der Waals surface area (Å²) >= 11 is 0. The highest BCUT2D eigenvalue weighted by atomic mass is 16.1. The molecule has 0 aliphatic rings. The van der Waals surface area contributed by atoms with Crippen molar-refractivity contribution in [2.45, 2.75) is 20.4 Å². The van der Waals surface area contributed by atoms with E-state index in [2.05, 4.69) is 20.7 Å². The molecular formula is C14H19N5O. The van der Waals surface area contributed by atoms with Gasteiger partial charge in [0.15, 0.2) is 5.82 Å². The maximum absolute atomic E-state index is 12.3. The molecule has 0 saturated heterocycles. The van der Waals surface area contributed by atoms with Gasteiger partial charge in [0.1, 0.15) is 6.33 Å². The van der Waals surface area contributed by atoms with Gasteiger partial charge in [-0.15, -0.1) is 0 Å². The van der Waals surface area contributed by atoms with Crippen LogP contribution in [0.4, 0.5) is 5.69 Å². The van der Waals surface area contributed by atoms with Crippen molar-refractivity contribution in [1.82, 2.24) is 20.1 Å². The van der Waals surface area contributed by atoms with Gasteiger partial charge in [0.05, 0.1) is 12.1 Å². The topological polar surface area (TPSA) is 71.8 Å². The second-order valence-electron chi connectivity index (χ2n) is 4.60. The number of benzene rings is 1. The molecule has 0 unspecified atom stereocenters. The average Bonchev–Trinajstić information content (AvgIpc) is 2.84. The van der Waals surface area contributed by atoms with Gasteiger partial charge in [-0.2, -0.15) is 5.10 Å². The van der Waals surface area contributed by atoms with E-state index < -0.39 is 0 Å². The van der Waals surface area contributed by atoms with Crippen LogP contribution >= 0.6 is 0 Å². The van der Waals surface area contributed by atoms with Crippen molar-refractivity contribution in [1.29, 1.82) is 0 Å². The predicted molar refractivity (Wildman–Crippen MR) is 77.5 cm³/mol. The Balaban J connectivity index is 2.09. The number of hydrogen-bond acceptors (Lipinski definition) is 4. The first-order chi connectivity index (χ1) is 9.60. The van der Waals surface area contributed by atoms with E-state index in [-0.39, 0.29) is 5.91 Å². The fourth-order valence-corrected chi connectivity index (χ4v) is 1.91. The number of carbonyl (C=O) groups excluding carboxylic acids is 1.